The van der Waals surface area contributed by atoms with Crippen molar-refractivity contribution in [2.45, 2.75) is 13.8 Å². The molecule has 0 saturated carbocycles. The lowest BCUT2D eigenvalue weighted by atomic mass is 10.2. The fraction of sp³-hybridized carbons (Fsp3) is 0.136. The molecule has 4 aromatic rings. The molecule has 2 aromatic heterocycles. The van der Waals surface area contributed by atoms with E-state index >= 15 is 0 Å². The van der Waals surface area contributed by atoms with Crippen LogP contribution in [0.2, 0.25) is 0 Å². The summed E-state index contributed by atoms with van der Waals surface area (Å²) in [7, 11) is 1.62. The van der Waals surface area contributed by atoms with Gasteiger partial charge in [-0.05, 0) is 44.2 Å². The molecule has 0 aliphatic carbocycles. The molecule has 1 amide bonds. The number of fused-ring (bicyclic) bond motifs is 1. The number of nitrogens with two attached hydrogens (primary N) is 1. The van der Waals surface area contributed by atoms with Gasteiger partial charge in [0.1, 0.15) is 5.75 Å². The van der Waals surface area contributed by atoms with E-state index in [9.17, 15) is 9.59 Å². The maximum Gasteiger partial charge on any atom is 0.281 e. The van der Waals surface area contributed by atoms with Crippen LogP contribution < -0.4 is 16.0 Å². The Balaban J connectivity index is 1.96. The first kappa shape index (κ1) is 18.5. The van der Waals surface area contributed by atoms with Gasteiger partial charge in [-0.1, -0.05) is 12.1 Å². The Morgan fingerprint density at radius 1 is 1.03 bits per heavy atom. The van der Waals surface area contributed by atoms with E-state index in [4.69, 9.17) is 10.5 Å². The summed E-state index contributed by atoms with van der Waals surface area (Å²) in [5.74, 6) is 0.176. The van der Waals surface area contributed by atoms with Crippen LogP contribution in [-0.2, 0) is 0 Å². The number of rotatable bonds is 4. The van der Waals surface area contributed by atoms with Crippen LogP contribution in [0.4, 0.5) is 0 Å². The lowest BCUT2D eigenvalue weighted by Gasteiger charge is -2.10. The molecule has 0 aliphatic rings. The molecule has 0 bridgehead atoms. The highest BCUT2D eigenvalue weighted by Gasteiger charge is 2.18. The second-order valence-corrected chi connectivity index (χ2v) is 6.77. The van der Waals surface area contributed by atoms with Gasteiger partial charge in [-0.15, -0.1) is 0 Å². The predicted molar refractivity (Wildman–Crippen MR) is 111 cm³/mol. The molecular weight excluding hydrogens is 368 g/mol. The number of hydrogen-bond donors (Lipinski definition) is 1. The van der Waals surface area contributed by atoms with Crippen molar-refractivity contribution in [3.8, 4) is 17.1 Å². The zero-order chi connectivity index (χ0) is 20.7. The summed E-state index contributed by atoms with van der Waals surface area (Å²) < 4.78 is 8.64. The van der Waals surface area contributed by atoms with E-state index in [1.165, 1.54) is 4.68 Å². The van der Waals surface area contributed by atoms with Gasteiger partial charge in [-0.25, -0.2) is 0 Å². The number of amides is 1. The Morgan fingerprint density at radius 2 is 1.76 bits per heavy atom. The minimum absolute atomic E-state index is 0.258. The summed E-state index contributed by atoms with van der Waals surface area (Å²) >= 11 is 0. The van der Waals surface area contributed by atoms with E-state index in [0.717, 1.165) is 28.2 Å². The van der Waals surface area contributed by atoms with Crippen molar-refractivity contribution in [3.63, 3.8) is 0 Å². The summed E-state index contributed by atoms with van der Waals surface area (Å²) in [5, 5.41) is 5.68. The van der Waals surface area contributed by atoms with Crippen molar-refractivity contribution in [2.75, 3.05) is 7.11 Å². The van der Waals surface area contributed by atoms with Gasteiger partial charge in [0.05, 0.1) is 24.4 Å². The monoisotopic (exact) mass is 388 g/mol. The molecule has 0 saturated heterocycles. The summed E-state index contributed by atoms with van der Waals surface area (Å²) in [5.41, 5.74) is 8.52. The van der Waals surface area contributed by atoms with Crippen LogP contribution in [0.15, 0.2) is 59.5 Å². The van der Waals surface area contributed by atoms with Crippen molar-refractivity contribution >= 4 is 16.7 Å². The lowest BCUT2D eigenvalue weighted by Crippen LogP contribution is -2.21. The predicted octanol–water partition coefficient (Wildman–Crippen LogP) is 2.90. The van der Waals surface area contributed by atoms with Crippen LogP contribution in [-0.4, -0.2) is 27.4 Å². The molecule has 7 nitrogen and oxygen atoms in total. The number of ether oxygens (including phenoxy) is 1. The van der Waals surface area contributed by atoms with E-state index in [2.05, 4.69) is 5.10 Å². The minimum Gasteiger partial charge on any atom is -0.497 e. The first-order valence-corrected chi connectivity index (χ1v) is 9.07. The number of nitrogens with zero attached hydrogens (tertiary/aromatic N) is 3. The molecule has 146 valence electrons. The summed E-state index contributed by atoms with van der Waals surface area (Å²) in [6.45, 7) is 3.86. The Morgan fingerprint density at radius 3 is 2.48 bits per heavy atom. The molecule has 7 heteroatoms. The average Bonchev–Trinajstić information content (AvgIpc) is 2.99. The minimum atomic E-state index is -0.558. The van der Waals surface area contributed by atoms with Gasteiger partial charge >= 0.3 is 0 Å². The van der Waals surface area contributed by atoms with Crippen LogP contribution in [0.1, 0.15) is 21.7 Å². The summed E-state index contributed by atoms with van der Waals surface area (Å²) in [6.07, 6.45) is 1.67. The normalized spacial score (nSPS) is 11.0. The highest BCUT2D eigenvalue weighted by atomic mass is 16.5. The van der Waals surface area contributed by atoms with Crippen LogP contribution in [0, 0.1) is 13.8 Å². The van der Waals surface area contributed by atoms with Gasteiger partial charge in [-0.3, -0.25) is 9.59 Å². The van der Waals surface area contributed by atoms with Crippen molar-refractivity contribution in [1.82, 2.24) is 14.3 Å². The van der Waals surface area contributed by atoms with Crippen molar-refractivity contribution in [3.05, 3.63) is 82.0 Å². The fourth-order valence-corrected chi connectivity index (χ4v) is 3.67. The number of benzene rings is 2. The molecule has 2 N–H and O–H groups in total. The third kappa shape index (κ3) is 2.97. The molecule has 0 fully saturated rings. The smallest absolute Gasteiger partial charge is 0.281 e. The molecule has 2 aromatic carbocycles. The zero-order valence-corrected chi connectivity index (χ0v) is 16.3. The van der Waals surface area contributed by atoms with Crippen LogP contribution in [0.25, 0.3) is 22.1 Å². The number of methoxy groups -OCH3 is 1. The van der Waals surface area contributed by atoms with Gasteiger partial charge in [0.2, 0.25) is 5.91 Å². The number of hydrogen-bond acceptors (Lipinski definition) is 4. The van der Waals surface area contributed by atoms with Gasteiger partial charge in [0, 0.05) is 34.1 Å². The van der Waals surface area contributed by atoms with Crippen molar-refractivity contribution < 1.29 is 9.53 Å². The fourth-order valence-electron chi connectivity index (χ4n) is 3.67. The van der Waals surface area contributed by atoms with Gasteiger partial charge in [-0.2, -0.15) is 9.78 Å². The molecule has 0 spiro atoms. The van der Waals surface area contributed by atoms with Gasteiger partial charge < -0.3 is 15.0 Å². The number of carbonyl (C=O) groups is 1. The third-order valence-electron chi connectivity index (χ3n) is 5.09. The van der Waals surface area contributed by atoms with Gasteiger partial charge in [0.15, 0.2) is 0 Å². The van der Waals surface area contributed by atoms with E-state index in [-0.39, 0.29) is 5.56 Å². The first-order valence-electron chi connectivity index (χ1n) is 9.07. The molecule has 0 unspecified atom stereocenters. The SMILES string of the molecule is COc1cccc(-n2c(C)c3cnn(-c4cccc(C(N)=O)c4)c(=O)c3c2C)c1. The van der Waals surface area contributed by atoms with Crippen LogP contribution in [0.5, 0.6) is 5.75 Å². The van der Waals surface area contributed by atoms with Crippen LogP contribution in [0.3, 0.4) is 0 Å². The average molecular weight is 388 g/mol. The molecular formula is C22H20N4O3. The maximum atomic E-state index is 13.3. The second kappa shape index (κ2) is 6.94. The molecule has 4 rings (SSSR count). The number of aryl methyl sites for hydroxylation is 2. The zero-order valence-electron chi connectivity index (χ0n) is 16.3. The van der Waals surface area contributed by atoms with Crippen molar-refractivity contribution in [2.24, 2.45) is 5.73 Å². The van der Waals surface area contributed by atoms with E-state index in [1.54, 1.807) is 37.6 Å². The third-order valence-corrected chi connectivity index (χ3v) is 5.09. The molecule has 2 heterocycles. The molecule has 0 aliphatic heterocycles. The molecule has 0 radical (unpaired) electrons. The number of aromatic nitrogens is 3. The summed E-state index contributed by atoms with van der Waals surface area (Å²) in [6, 6.07) is 14.2. The molecule has 29 heavy (non-hydrogen) atoms. The van der Waals surface area contributed by atoms with E-state index in [0.29, 0.717) is 16.6 Å². The number of carbonyl (C=O) groups excluding carboxylic acids is 1. The van der Waals surface area contributed by atoms with Crippen molar-refractivity contribution in [1.29, 1.82) is 0 Å². The lowest BCUT2D eigenvalue weighted by molar-refractivity contribution is 0.1000. The van der Waals surface area contributed by atoms with Gasteiger partial charge in [0.25, 0.3) is 5.56 Å². The molecule has 0 atom stereocenters. The Hall–Kier alpha value is -3.87. The second-order valence-electron chi connectivity index (χ2n) is 6.77. The van der Waals surface area contributed by atoms with E-state index < -0.39 is 5.91 Å². The number of primary amides is 1. The first-order chi connectivity index (χ1) is 13.9. The topological polar surface area (TPSA) is 92.1 Å². The Labute approximate surface area is 167 Å². The standard InChI is InChI=1S/C22H20N4O3/c1-13-19-12-24-26(17-8-4-6-15(10-17)21(23)27)22(28)20(19)14(2)25(13)16-7-5-9-18(11-16)29-3/h4-12H,1-3H3,(H2,23,27). The maximum absolute atomic E-state index is 13.3. The Kier molecular flexibility index (Phi) is 4.43. The summed E-state index contributed by atoms with van der Waals surface area (Å²) in [4.78, 5) is 24.8. The Bertz CT molecular complexity index is 1320. The van der Waals surface area contributed by atoms with Crippen LogP contribution >= 0.6 is 0 Å². The highest BCUT2D eigenvalue weighted by Crippen LogP contribution is 2.27. The highest BCUT2D eigenvalue weighted by molar-refractivity contribution is 5.93. The largest absolute Gasteiger partial charge is 0.497 e. The quantitative estimate of drug-likeness (QED) is 0.582. The van der Waals surface area contributed by atoms with E-state index in [1.807, 2.05) is 42.7 Å².